The smallest absolute Gasteiger partial charge is 0.263 e. The number of aromatic nitrogens is 2. The number of nitrogens with one attached hydrogen (secondary N) is 1. The van der Waals surface area contributed by atoms with Crippen LogP contribution >= 0.6 is 23.6 Å². The standard InChI is InChI=1S/C16H22N2OS2/c1-4-11-5-7-12(8-6-11)18-15(19)13-9(2)10(3)21-14(13)17-16(18)20/h11-12H,4-8H2,1-3H3,(H,17,20). The minimum absolute atomic E-state index is 0.107. The molecule has 5 heteroatoms. The van der Waals surface area contributed by atoms with Crippen LogP contribution in [0.5, 0.6) is 0 Å². The van der Waals surface area contributed by atoms with Crippen LogP contribution in [0.3, 0.4) is 0 Å². The summed E-state index contributed by atoms with van der Waals surface area (Å²) < 4.78 is 2.44. The molecule has 3 rings (SSSR count). The average molecular weight is 322 g/mol. The second-order valence-electron chi connectivity index (χ2n) is 6.18. The highest BCUT2D eigenvalue weighted by atomic mass is 32.1. The summed E-state index contributed by atoms with van der Waals surface area (Å²) in [6.45, 7) is 6.35. The summed E-state index contributed by atoms with van der Waals surface area (Å²) in [7, 11) is 0. The van der Waals surface area contributed by atoms with E-state index in [1.807, 2.05) is 11.5 Å². The number of aryl methyl sites for hydroxylation is 2. The fourth-order valence-corrected chi connectivity index (χ4v) is 4.94. The van der Waals surface area contributed by atoms with Crippen LogP contribution in [0.25, 0.3) is 10.2 Å². The maximum atomic E-state index is 12.9. The molecule has 0 unspecified atom stereocenters. The molecule has 0 radical (unpaired) electrons. The number of hydrogen-bond donors (Lipinski definition) is 1. The van der Waals surface area contributed by atoms with E-state index in [4.69, 9.17) is 12.2 Å². The summed E-state index contributed by atoms with van der Waals surface area (Å²) >= 11 is 7.10. The third-order valence-corrected chi connectivity index (χ3v) is 6.44. The highest BCUT2D eigenvalue weighted by Crippen LogP contribution is 2.34. The number of hydrogen-bond acceptors (Lipinski definition) is 3. The summed E-state index contributed by atoms with van der Waals surface area (Å²) in [5, 5.41) is 0.837. The molecule has 0 aliphatic heterocycles. The average Bonchev–Trinajstić information content (AvgIpc) is 2.74. The van der Waals surface area contributed by atoms with E-state index < -0.39 is 0 Å². The van der Waals surface area contributed by atoms with Crippen molar-refractivity contribution in [3.8, 4) is 0 Å². The first-order chi connectivity index (χ1) is 10.0. The van der Waals surface area contributed by atoms with Gasteiger partial charge in [-0.1, -0.05) is 13.3 Å². The molecule has 1 fully saturated rings. The van der Waals surface area contributed by atoms with Gasteiger partial charge in [-0.05, 0) is 63.2 Å². The largest absolute Gasteiger partial charge is 0.323 e. The third kappa shape index (κ3) is 2.50. The predicted molar refractivity (Wildman–Crippen MR) is 92.0 cm³/mol. The predicted octanol–water partition coefficient (Wildman–Crippen LogP) is 4.88. The van der Waals surface area contributed by atoms with E-state index in [-0.39, 0.29) is 11.6 Å². The number of rotatable bonds is 2. The van der Waals surface area contributed by atoms with Gasteiger partial charge < -0.3 is 4.98 Å². The van der Waals surface area contributed by atoms with Gasteiger partial charge in [0.25, 0.3) is 5.56 Å². The molecule has 3 nitrogen and oxygen atoms in total. The minimum atomic E-state index is 0.107. The lowest BCUT2D eigenvalue weighted by molar-refractivity contribution is 0.263. The monoisotopic (exact) mass is 322 g/mol. The second kappa shape index (κ2) is 5.69. The molecular formula is C16H22N2OS2. The molecule has 114 valence electrons. The van der Waals surface area contributed by atoms with E-state index in [1.165, 1.54) is 24.1 Å². The van der Waals surface area contributed by atoms with Gasteiger partial charge in [-0.2, -0.15) is 0 Å². The third-order valence-electron chi connectivity index (χ3n) is 5.02. The van der Waals surface area contributed by atoms with Crippen LogP contribution in [0.1, 0.15) is 55.5 Å². The maximum absolute atomic E-state index is 12.9. The van der Waals surface area contributed by atoms with Crippen LogP contribution in [-0.2, 0) is 0 Å². The number of aromatic amines is 1. The minimum Gasteiger partial charge on any atom is -0.323 e. The Morgan fingerprint density at radius 3 is 2.57 bits per heavy atom. The van der Waals surface area contributed by atoms with Crippen molar-refractivity contribution in [3.63, 3.8) is 0 Å². The number of fused-ring (bicyclic) bond motifs is 1. The Bertz CT molecular complexity index is 776. The molecule has 1 saturated carbocycles. The van der Waals surface area contributed by atoms with E-state index in [2.05, 4.69) is 18.8 Å². The Kier molecular flexibility index (Phi) is 4.06. The van der Waals surface area contributed by atoms with Gasteiger partial charge in [0.15, 0.2) is 4.77 Å². The zero-order valence-electron chi connectivity index (χ0n) is 12.9. The lowest BCUT2D eigenvalue weighted by Gasteiger charge is -2.29. The molecule has 1 aliphatic rings. The van der Waals surface area contributed by atoms with Crippen LogP contribution in [0, 0.1) is 24.5 Å². The van der Waals surface area contributed by atoms with E-state index in [1.54, 1.807) is 11.3 Å². The molecule has 0 atom stereocenters. The molecule has 0 saturated heterocycles. The first kappa shape index (κ1) is 15.0. The van der Waals surface area contributed by atoms with Crippen molar-refractivity contribution in [2.45, 2.75) is 58.9 Å². The molecule has 1 N–H and O–H groups in total. The number of nitrogens with zero attached hydrogens (tertiary/aromatic N) is 1. The summed E-state index contributed by atoms with van der Waals surface area (Å²) in [6, 6.07) is 0.271. The molecule has 0 bridgehead atoms. The van der Waals surface area contributed by atoms with E-state index in [9.17, 15) is 4.79 Å². The zero-order chi connectivity index (χ0) is 15.1. The Morgan fingerprint density at radius 1 is 1.29 bits per heavy atom. The van der Waals surface area contributed by atoms with Crippen LogP contribution in [0.2, 0.25) is 0 Å². The molecular weight excluding hydrogens is 300 g/mol. The van der Waals surface area contributed by atoms with Crippen LogP contribution in [-0.4, -0.2) is 9.55 Å². The number of thiophene rings is 1. The summed E-state index contributed by atoms with van der Waals surface area (Å²) in [5.74, 6) is 0.823. The molecule has 2 aromatic rings. The topological polar surface area (TPSA) is 37.8 Å². The van der Waals surface area contributed by atoms with Gasteiger partial charge in [-0.15, -0.1) is 11.3 Å². The van der Waals surface area contributed by atoms with Crippen LogP contribution in [0.4, 0.5) is 0 Å². The lowest BCUT2D eigenvalue weighted by Crippen LogP contribution is -2.29. The van der Waals surface area contributed by atoms with Gasteiger partial charge in [-0.25, -0.2) is 0 Å². The Morgan fingerprint density at radius 2 is 1.95 bits per heavy atom. The van der Waals surface area contributed by atoms with Gasteiger partial charge in [0, 0.05) is 10.9 Å². The molecule has 0 aromatic carbocycles. The van der Waals surface area contributed by atoms with E-state index in [0.717, 1.165) is 34.5 Å². The van der Waals surface area contributed by atoms with Gasteiger partial charge >= 0.3 is 0 Å². The molecule has 2 aromatic heterocycles. The quantitative estimate of drug-likeness (QED) is 0.800. The zero-order valence-corrected chi connectivity index (χ0v) is 14.5. The highest BCUT2D eigenvalue weighted by molar-refractivity contribution is 7.71. The highest BCUT2D eigenvalue weighted by Gasteiger charge is 2.24. The van der Waals surface area contributed by atoms with Gasteiger partial charge in [-0.3, -0.25) is 9.36 Å². The molecule has 1 aliphatic carbocycles. The Labute approximate surface area is 134 Å². The Hall–Kier alpha value is -0.940. The fourth-order valence-electron chi connectivity index (χ4n) is 3.49. The summed E-state index contributed by atoms with van der Waals surface area (Å²) in [4.78, 5) is 18.3. The van der Waals surface area contributed by atoms with Crippen molar-refractivity contribution in [3.05, 3.63) is 25.6 Å². The summed E-state index contributed by atoms with van der Waals surface area (Å²) in [6.07, 6.45) is 5.81. The maximum Gasteiger partial charge on any atom is 0.263 e. The molecule has 2 heterocycles. The van der Waals surface area contributed by atoms with Gasteiger partial charge in [0.1, 0.15) is 4.83 Å². The SMILES string of the molecule is CCC1CCC(n2c(=S)[nH]c3sc(C)c(C)c3c2=O)CC1. The normalized spacial score (nSPS) is 22.8. The van der Waals surface area contributed by atoms with Gasteiger partial charge in [0.2, 0.25) is 0 Å². The van der Waals surface area contributed by atoms with E-state index in [0.29, 0.717) is 4.77 Å². The van der Waals surface area contributed by atoms with Crippen molar-refractivity contribution >= 4 is 33.8 Å². The molecule has 0 amide bonds. The Balaban J connectivity index is 2.09. The number of H-pyrrole nitrogens is 1. The first-order valence-corrected chi connectivity index (χ1v) is 9.00. The van der Waals surface area contributed by atoms with Crippen LogP contribution < -0.4 is 5.56 Å². The van der Waals surface area contributed by atoms with Crippen LogP contribution in [0.15, 0.2) is 4.79 Å². The van der Waals surface area contributed by atoms with Crippen molar-refractivity contribution in [1.82, 2.24) is 9.55 Å². The van der Waals surface area contributed by atoms with E-state index >= 15 is 0 Å². The van der Waals surface area contributed by atoms with Crippen molar-refractivity contribution < 1.29 is 0 Å². The second-order valence-corrected chi connectivity index (χ2v) is 7.79. The van der Waals surface area contributed by atoms with Gasteiger partial charge in [0.05, 0.1) is 5.39 Å². The molecule has 21 heavy (non-hydrogen) atoms. The first-order valence-electron chi connectivity index (χ1n) is 7.77. The lowest BCUT2D eigenvalue weighted by atomic mass is 9.84. The van der Waals surface area contributed by atoms with Crippen molar-refractivity contribution in [2.24, 2.45) is 5.92 Å². The summed E-state index contributed by atoms with van der Waals surface area (Å²) in [5.41, 5.74) is 1.21. The van der Waals surface area contributed by atoms with Crippen molar-refractivity contribution in [2.75, 3.05) is 0 Å². The van der Waals surface area contributed by atoms with Crippen molar-refractivity contribution in [1.29, 1.82) is 0 Å². The fraction of sp³-hybridized carbons (Fsp3) is 0.625. The molecule has 0 spiro atoms.